The highest BCUT2D eigenvalue weighted by atomic mass is 16.4. The van der Waals surface area contributed by atoms with E-state index in [1.54, 1.807) is 0 Å². The van der Waals surface area contributed by atoms with E-state index in [2.05, 4.69) is 20.8 Å². The third-order valence-corrected chi connectivity index (χ3v) is 4.29. The average molecular weight is 392 g/mol. The van der Waals surface area contributed by atoms with Gasteiger partial charge in [0.25, 0.3) is 0 Å². The molecule has 1 heterocycles. The van der Waals surface area contributed by atoms with Gasteiger partial charge in [-0.3, -0.25) is 9.59 Å². The number of carbonyl (C=O) groups is 2. The molecule has 0 radical (unpaired) electrons. The minimum Gasteiger partial charge on any atom is -0.421 e. The van der Waals surface area contributed by atoms with Crippen LogP contribution in [0.25, 0.3) is 11.5 Å². The third kappa shape index (κ3) is 6.88. The highest BCUT2D eigenvalue weighted by Gasteiger charge is 2.09. The monoisotopic (exact) mass is 392 g/mol. The summed E-state index contributed by atoms with van der Waals surface area (Å²) in [6, 6.07) is 19.2. The molecule has 0 aliphatic rings. The van der Waals surface area contributed by atoms with Crippen molar-refractivity contribution in [3.63, 3.8) is 0 Å². The molecular formula is C22H24N4O3. The fourth-order valence-electron chi connectivity index (χ4n) is 2.74. The van der Waals surface area contributed by atoms with Crippen molar-refractivity contribution < 1.29 is 14.0 Å². The molecule has 1 aromatic heterocycles. The van der Waals surface area contributed by atoms with Crippen molar-refractivity contribution in [2.24, 2.45) is 0 Å². The Morgan fingerprint density at radius 1 is 0.828 bits per heavy atom. The maximum Gasteiger partial charge on any atom is 0.247 e. The summed E-state index contributed by atoms with van der Waals surface area (Å²) in [5.74, 6) is 0.806. The van der Waals surface area contributed by atoms with Crippen LogP contribution in [0.15, 0.2) is 65.1 Å². The zero-order valence-corrected chi connectivity index (χ0v) is 16.1. The number of aryl methyl sites for hydroxylation is 1. The number of amides is 2. The molecule has 0 fully saturated rings. The number of nitrogens with one attached hydrogen (secondary N) is 2. The van der Waals surface area contributed by atoms with Gasteiger partial charge in [-0.25, -0.2) is 0 Å². The first-order valence-corrected chi connectivity index (χ1v) is 9.66. The van der Waals surface area contributed by atoms with E-state index >= 15 is 0 Å². The van der Waals surface area contributed by atoms with Crippen LogP contribution >= 0.6 is 0 Å². The van der Waals surface area contributed by atoms with E-state index < -0.39 is 0 Å². The molecule has 3 aromatic rings. The molecule has 2 aromatic carbocycles. The summed E-state index contributed by atoms with van der Waals surface area (Å²) in [4.78, 5) is 23.7. The van der Waals surface area contributed by atoms with Crippen molar-refractivity contribution in [1.29, 1.82) is 0 Å². The van der Waals surface area contributed by atoms with Crippen LogP contribution in [0, 0.1) is 0 Å². The molecule has 2 amide bonds. The van der Waals surface area contributed by atoms with E-state index in [9.17, 15) is 9.59 Å². The molecule has 0 bridgehead atoms. The lowest BCUT2D eigenvalue weighted by atomic mass is 10.2. The quantitative estimate of drug-likeness (QED) is 0.553. The predicted octanol–water partition coefficient (Wildman–Crippen LogP) is 2.88. The van der Waals surface area contributed by atoms with Gasteiger partial charge in [0.05, 0.1) is 0 Å². The third-order valence-electron chi connectivity index (χ3n) is 4.29. The molecule has 29 heavy (non-hydrogen) atoms. The Kier molecular flexibility index (Phi) is 7.51. The molecule has 0 saturated heterocycles. The molecule has 150 valence electrons. The normalized spacial score (nSPS) is 10.5. The van der Waals surface area contributed by atoms with Crippen molar-refractivity contribution in [1.82, 2.24) is 20.8 Å². The lowest BCUT2D eigenvalue weighted by Crippen LogP contribution is -2.30. The Labute approximate surface area is 169 Å². The van der Waals surface area contributed by atoms with Crippen molar-refractivity contribution in [2.75, 3.05) is 6.54 Å². The molecule has 0 aliphatic carbocycles. The minimum absolute atomic E-state index is 0.0894. The van der Waals surface area contributed by atoms with Crippen molar-refractivity contribution in [3.05, 3.63) is 72.1 Å². The predicted molar refractivity (Wildman–Crippen MR) is 109 cm³/mol. The molecule has 0 spiro atoms. The van der Waals surface area contributed by atoms with E-state index in [-0.39, 0.29) is 18.2 Å². The van der Waals surface area contributed by atoms with Crippen molar-refractivity contribution >= 4 is 11.8 Å². The number of nitrogens with zero attached hydrogens (tertiary/aromatic N) is 2. The summed E-state index contributed by atoms with van der Waals surface area (Å²) in [5, 5.41) is 13.6. The highest BCUT2D eigenvalue weighted by molar-refractivity contribution is 5.78. The molecule has 0 saturated carbocycles. The average Bonchev–Trinajstić information content (AvgIpc) is 3.23. The minimum atomic E-state index is -0.0938. The van der Waals surface area contributed by atoms with Gasteiger partial charge in [0, 0.05) is 37.9 Å². The Bertz CT molecular complexity index is 910. The Hall–Kier alpha value is -3.48. The summed E-state index contributed by atoms with van der Waals surface area (Å²) in [6.07, 6.45) is 1.73. The number of rotatable bonds is 10. The second-order valence-corrected chi connectivity index (χ2v) is 6.58. The number of hydrogen-bond acceptors (Lipinski definition) is 5. The summed E-state index contributed by atoms with van der Waals surface area (Å²) in [7, 11) is 0. The molecular weight excluding hydrogens is 368 g/mol. The fraction of sp³-hybridized carbons (Fsp3) is 0.273. The summed E-state index contributed by atoms with van der Waals surface area (Å²) in [5.41, 5.74) is 1.91. The first-order valence-electron chi connectivity index (χ1n) is 9.66. The summed E-state index contributed by atoms with van der Waals surface area (Å²) in [6.45, 7) is 0.806. The van der Waals surface area contributed by atoms with Crippen LogP contribution in [0.4, 0.5) is 0 Å². The zero-order valence-electron chi connectivity index (χ0n) is 16.1. The number of hydrogen-bond donors (Lipinski definition) is 2. The van der Waals surface area contributed by atoms with Crippen LogP contribution in [-0.4, -0.2) is 28.6 Å². The zero-order chi connectivity index (χ0) is 20.3. The number of carbonyl (C=O) groups excluding carboxylic acids is 2. The van der Waals surface area contributed by atoms with E-state index in [1.165, 1.54) is 0 Å². The van der Waals surface area contributed by atoms with E-state index in [0.717, 1.165) is 11.1 Å². The Morgan fingerprint density at radius 2 is 1.52 bits per heavy atom. The molecule has 7 heteroatoms. The number of aromatic nitrogens is 2. The van der Waals surface area contributed by atoms with Crippen molar-refractivity contribution in [2.45, 2.75) is 32.2 Å². The lowest BCUT2D eigenvalue weighted by molar-refractivity contribution is -0.122. The maximum atomic E-state index is 11.9. The second kappa shape index (κ2) is 10.8. The molecule has 0 unspecified atom stereocenters. The van der Waals surface area contributed by atoms with E-state index in [4.69, 9.17) is 4.42 Å². The number of benzene rings is 2. The largest absolute Gasteiger partial charge is 0.421 e. The Balaban J connectivity index is 1.28. The first-order chi connectivity index (χ1) is 14.2. The fourth-order valence-corrected chi connectivity index (χ4v) is 2.74. The summed E-state index contributed by atoms with van der Waals surface area (Å²) >= 11 is 0. The van der Waals surface area contributed by atoms with E-state index in [1.807, 2.05) is 60.7 Å². The van der Waals surface area contributed by atoms with Crippen LogP contribution in [0.3, 0.4) is 0 Å². The first kappa shape index (κ1) is 20.3. The molecule has 7 nitrogen and oxygen atoms in total. The van der Waals surface area contributed by atoms with Gasteiger partial charge in [-0.2, -0.15) is 0 Å². The van der Waals surface area contributed by atoms with Crippen LogP contribution < -0.4 is 10.6 Å². The van der Waals surface area contributed by atoms with Gasteiger partial charge in [-0.05, 0) is 24.1 Å². The molecule has 0 aliphatic heterocycles. The van der Waals surface area contributed by atoms with Crippen LogP contribution in [-0.2, 0) is 22.6 Å². The molecule has 2 N–H and O–H groups in total. The second-order valence-electron chi connectivity index (χ2n) is 6.58. The van der Waals surface area contributed by atoms with Gasteiger partial charge < -0.3 is 15.1 Å². The van der Waals surface area contributed by atoms with Gasteiger partial charge in [0.15, 0.2) is 0 Å². The van der Waals surface area contributed by atoms with Crippen LogP contribution in [0.1, 0.15) is 30.7 Å². The Morgan fingerprint density at radius 3 is 2.28 bits per heavy atom. The SMILES string of the molecule is O=C(CCCc1nnc(-c2ccccc2)o1)NCCC(=O)NCc1ccccc1. The maximum absolute atomic E-state index is 11.9. The van der Waals surface area contributed by atoms with Gasteiger partial charge in [-0.1, -0.05) is 48.5 Å². The highest BCUT2D eigenvalue weighted by Crippen LogP contribution is 2.17. The topological polar surface area (TPSA) is 97.1 Å². The van der Waals surface area contributed by atoms with Crippen LogP contribution in [0.2, 0.25) is 0 Å². The lowest BCUT2D eigenvalue weighted by Gasteiger charge is -2.06. The molecule has 3 rings (SSSR count). The van der Waals surface area contributed by atoms with Crippen molar-refractivity contribution in [3.8, 4) is 11.5 Å². The summed E-state index contributed by atoms with van der Waals surface area (Å²) < 4.78 is 5.62. The van der Waals surface area contributed by atoms with Gasteiger partial charge in [0.1, 0.15) is 0 Å². The van der Waals surface area contributed by atoms with Gasteiger partial charge in [-0.15, -0.1) is 10.2 Å². The van der Waals surface area contributed by atoms with E-state index in [0.29, 0.717) is 44.1 Å². The van der Waals surface area contributed by atoms with Gasteiger partial charge >= 0.3 is 0 Å². The molecule has 0 atom stereocenters. The van der Waals surface area contributed by atoms with Gasteiger partial charge in [0.2, 0.25) is 23.6 Å². The van der Waals surface area contributed by atoms with Crippen LogP contribution in [0.5, 0.6) is 0 Å². The smallest absolute Gasteiger partial charge is 0.247 e. The standard InChI is InChI=1S/C22H24N4O3/c27-19(23-15-14-20(28)24-16-17-8-3-1-4-9-17)12-7-13-21-25-26-22(29-21)18-10-5-2-6-11-18/h1-6,8-11H,7,12-16H2,(H,23,27)(H,24,28).